The molecule has 0 aliphatic carbocycles. The summed E-state index contributed by atoms with van der Waals surface area (Å²) in [6.45, 7) is -0.666. The molecular weight excluding hydrogens is 483 g/mol. The molecular formula is C19H17BrF3N5O3. The summed E-state index contributed by atoms with van der Waals surface area (Å²) in [7, 11) is 1.07. The number of benzene rings is 1. The van der Waals surface area contributed by atoms with Gasteiger partial charge < -0.3 is 21.1 Å². The van der Waals surface area contributed by atoms with Gasteiger partial charge in [0, 0.05) is 21.9 Å². The molecule has 0 saturated heterocycles. The van der Waals surface area contributed by atoms with E-state index in [4.69, 9.17) is 5.73 Å². The van der Waals surface area contributed by atoms with Crippen LogP contribution >= 0.6 is 15.9 Å². The number of methoxy groups -OCH3 is 1. The number of nitrogens with one attached hydrogen (secondary N) is 2. The molecule has 0 bridgehead atoms. The van der Waals surface area contributed by atoms with Crippen molar-refractivity contribution in [1.29, 1.82) is 0 Å². The van der Waals surface area contributed by atoms with E-state index >= 15 is 0 Å². The van der Waals surface area contributed by atoms with E-state index in [0.29, 0.717) is 4.47 Å². The van der Waals surface area contributed by atoms with Gasteiger partial charge >= 0.3 is 6.09 Å². The maximum atomic E-state index is 14.7. The second-order valence-corrected chi connectivity index (χ2v) is 7.51. The Balaban J connectivity index is 1.98. The molecule has 2 aromatic rings. The van der Waals surface area contributed by atoms with Crippen LogP contribution in [0.25, 0.3) is 0 Å². The summed E-state index contributed by atoms with van der Waals surface area (Å²) in [6, 6.07) is 6.26. The third-order valence-corrected chi connectivity index (χ3v) is 5.00. The molecule has 31 heavy (non-hydrogen) atoms. The van der Waals surface area contributed by atoms with Crippen molar-refractivity contribution in [3.05, 3.63) is 70.1 Å². The van der Waals surface area contributed by atoms with E-state index in [1.54, 1.807) is 6.07 Å². The van der Waals surface area contributed by atoms with Crippen LogP contribution in [0.1, 0.15) is 16.1 Å². The lowest BCUT2D eigenvalue weighted by Crippen LogP contribution is -2.60. The molecule has 1 aliphatic rings. The Morgan fingerprint density at radius 3 is 2.71 bits per heavy atom. The van der Waals surface area contributed by atoms with Gasteiger partial charge in [0.2, 0.25) is 0 Å². The average Bonchev–Trinajstić information content (AvgIpc) is 2.74. The first kappa shape index (κ1) is 22.4. The molecule has 2 amide bonds. The van der Waals surface area contributed by atoms with Crippen LogP contribution in [-0.4, -0.2) is 42.0 Å². The highest BCUT2D eigenvalue weighted by Crippen LogP contribution is 2.36. The van der Waals surface area contributed by atoms with Gasteiger partial charge in [-0.25, -0.2) is 22.9 Å². The third kappa shape index (κ3) is 4.58. The van der Waals surface area contributed by atoms with Gasteiger partial charge in [-0.3, -0.25) is 9.69 Å². The Bertz CT molecular complexity index is 1030. The summed E-state index contributed by atoms with van der Waals surface area (Å²) < 4.78 is 48.4. The van der Waals surface area contributed by atoms with E-state index in [1.807, 2.05) is 0 Å². The van der Waals surface area contributed by atoms with Gasteiger partial charge in [-0.1, -0.05) is 0 Å². The van der Waals surface area contributed by atoms with Gasteiger partial charge in [-0.15, -0.1) is 0 Å². The second kappa shape index (κ2) is 8.84. The molecule has 4 N–H and O–H groups in total. The maximum Gasteiger partial charge on any atom is 0.413 e. The number of hydrogen-bond acceptors (Lipinski definition) is 6. The normalized spacial score (nSPS) is 18.3. The molecule has 1 atom stereocenters. The number of nitrogens with two attached hydrogens (primary N) is 1. The van der Waals surface area contributed by atoms with Gasteiger partial charge in [-0.2, -0.15) is 0 Å². The predicted octanol–water partition coefficient (Wildman–Crippen LogP) is 3.13. The predicted molar refractivity (Wildman–Crippen MR) is 108 cm³/mol. The zero-order chi connectivity index (χ0) is 22.8. The Morgan fingerprint density at radius 1 is 1.35 bits per heavy atom. The van der Waals surface area contributed by atoms with E-state index < -0.39 is 41.9 Å². The van der Waals surface area contributed by atoms with Gasteiger partial charge in [0.05, 0.1) is 19.9 Å². The van der Waals surface area contributed by atoms with Crippen molar-refractivity contribution in [1.82, 2.24) is 15.2 Å². The largest absolute Gasteiger partial charge is 0.452 e. The minimum absolute atomic E-state index is 0.0469. The number of alkyl halides is 2. The fraction of sp³-hybridized carbons (Fsp3) is 0.211. The minimum Gasteiger partial charge on any atom is -0.452 e. The van der Waals surface area contributed by atoms with Crippen LogP contribution in [0.5, 0.6) is 0 Å². The smallest absolute Gasteiger partial charge is 0.413 e. The van der Waals surface area contributed by atoms with Crippen molar-refractivity contribution in [2.75, 3.05) is 19.0 Å². The minimum atomic E-state index is -3.18. The summed E-state index contributed by atoms with van der Waals surface area (Å²) >= 11 is 3.20. The van der Waals surface area contributed by atoms with Crippen LogP contribution in [-0.2, 0) is 10.3 Å². The van der Waals surface area contributed by atoms with Crippen molar-refractivity contribution < 1.29 is 27.5 Å². The lowest BCUT2D eigenvalue weighted by Gasteiger charge is -2.41. The van der Waals surface area contributed by atoms with E-state index in [9.17, 15) is 22.8 Å². The number of aromatic nitrogens is 1. The zero-order valence-corrected chi connectivity index (χ0v) is 17.6. The number of pyridine rings is 1. The quantitative estimate of drug-likeness (QED) is 0.596. The number of hydrogen-bond donors (Lipinski definition) is 3. The van der Waals surface area contributed by atoms with Crippen LogP contribution < -0.4 is 16.4 Å². The fourth-order valence-corrected chi connectivity index (χ4v) is 3.32. The van der Waals surface area contributed by atoms with Crippen molar-refractivity contribution in [2.24, 2.45) is 5.73 Å². The maximum absolute atomic E-state index is 14.7. The summed E-state index contributed by atoms with van der Waals surface area (Å²) in [6.07, 6.45) is -1.63. The zero-order valence-electron chi connectivity index (χ0n) is 16.0. The fourth-order valence-electron chi connectivity index (χ4n) is 3.09. The van der Waals surface area contributed by atoms with Crippen LogP contribution in [0.15, 0.2) is 53.0 Å². The first-order valence-corrected chi connectivity index (χ1v) is 9.56. The van der Waals surface area contributed by atoms with Gasteiger partial charge in [0.1, 0.15) is 22.9 Å². The Morgan fingerprint density at radius 2 is 2.10 bits per heavy atom. The van der Waals surface area contributed by atoms with Crippen molar-refractivity contribution in [2.45, 2.75) is 12.0 Å². The second-order valence-electron chi connectivity index (χ2n) is 6.59. The third-order valence-electron chi connectivity index (χ3n) is 4.53. The van der Waals surface area contributed by atoms with Crippen molar-refractivity contribution in [3.63, 3.8) is 0 Å². The molecule has 3 rings (SSSR count). The molecule has 1 aromatic heterocycles. The molecule has 12 heteroatoms. The van der Waals surface area contributed by atoms with Crippen LogP contribution in [0.2, 0.25) is 0 Å². The molecule has 1 aromatic carbocycles. The molecule has 0 radical (unpaired) electrons. The highest BCUT2D eigenvalue weighted by molar-refractivity contribution is 9.10. The number of nitrogens with zero attached hydrogens (tertiary/aromatic N) is 2. The van der Waals surface area contributed by atoms with E-state index in [0.717, 1.165) is 30.3 Å². The van der Waals surface area contributed by atoms with Crippen LogP contribution in [0, 0.1) is 5.82 Å². The Hall–Kier alpha value is -3.28. The summed E-state index contributed by atoms with van der Waals surface area (Å²) in [5, 5.41) is 4.87. The highest BCUT2D eigenvalue weighted by atomic mass is 79.9. The first-order valence-electron chi connectivity index (χ1n) is 8.77. The van der Waals surface area contributed by atoms with Gasteiger partial charge in [0.25, 0.3) is 12.3 Å². The number of amides is 2. The average molecular weight is 500 g/mol. The topological polar surface area (TPSA) is 110 Å². The molecule has 164 valence electrons. The monoisotopic (exact) mass is 499 g/mol. The number of rotatable bonds is 4. The number of ether oxygens (including phenoxy) is 1. The SMILES string of the molecule is COC(=O)N1C=C(N)NC(c2cc(NC(=O)c3ccc(Br)cn3)ccc2F)(C(F)F)C1. The lowest BCUT2D eigenvalue weighted by molar-refractivity contribution is 0.00779. The van der Waals surface area contributed by atoms with Crippen molar-refractivity contribution in [3.8, 4) is 0 Å². The number of halogens is 4. The Labute approximate surface area is 183 Å². The first-order chi connectivity index (χ1) is 14.7. The van der Waals surface area contributed by atoms with E-state index in [1.165, 1.54) is 18.3 Å². The molecule has 1 unspecified atom stereocenters. The summed E-state index contributed by atoms with van der Waals surface area (Å²) in [4.78, 5) is 29.1. The van der Waals surface area contributed by atoms with Crippen LogP contribution in [0.3, 0.4) is 0 Å². The summed E-state index contributed by atoms with van der Waals surface area (Å²) in [5.41, 5.74) is 2.93. The molecule has 0 spiro atoms. The van der Waals surface area contributed by atoms with Crippen molar-refractivity contribution >= 4 is 33.6 Å². The van der Waals surface area contributed by atoms with E-state index in [-0.39, 0.29) is 17.2 Å². The molecule has 8 nitrogen and oxygen atoms in total. The highest BCUT2D eigenvalue weighted by Gasteiger charge is 2.48. The molecule has 2 heterocycles. The van der Waals surface area contributed by atoms with Gasteiger partial charge in [0.15, 0.2) is 0 Å². The lowest BCUT2D eigenvalue weighted by atomic mass is 9.87. The number of anilines is 1. The molecule has 0 saturated carbocycles. The van der Waals surface area contributed by atoms with Crippen LogP contribution in [0.4, 0.5) is 23.7 Å². The summed E-state index contributed by atoms with van der Waals surface area (Å²) in [5.74, 6) is -1.89. The Kier molecular flexibility index (Phi) is 6.39. The number of carbonyl (C=O) groups excluding carboxylic acids is 2. The van der Waals surface area contributed by atoms with Gasteiger partial charge in [-0.05, 0) is 46.3 Å². The standard InChI is InChI=1S/C19H17BrF3N5O3/c1-31-18(30)28-8-15(24)27-19(9-28,17(22)23)12-6-11(3-4-13(12)21)26-16(29)14-5-2-10(20)7-25-14/h2-8,17,27H,9,24H2,1H3,(H,26,29). The molecule has 1 aliphatic heterocycles. The number of carbonyl (C=O) groups is 2. The van der Waals surface area contributed by atoms with E-state index in [2.05, 4.69) is 36.3 Å². The molecule has 0 fully saturated rings.